The minimum absolute atomic E-state index is 0.0706. The molecule has 0 atom stereocenters. The third-order valence-corrected chi connectivity index (χ3v) is 9.21. The Bertz CT molecular complexity index is 1430. The number of nitrogens with zero attached hydrogens (tertiary/aromatic N) is 1. The molecule has 1 amide bonds. The molecule has 3 aromatic carbocycles. The van der Waals surface area contributed by atoms with Crippen LogP contribution in [-0.4, -0.2) is 40.1 Å². The van der Waals surface area contributed by atoms with Crippen molar-refractivity contribution in [2.45, 2.75) is 36.8 Å². The topological polar surface area (TPSA) is 113 Å². The first-order valence-electron chi connectivity index (χ1n) is 11.7. The van der Waals surface area contributed by atoms with Gasteiger partial charge in [0.2, 0.25) is 10.0 Å². The molecule has 3 aromatic rings. The van der Waals surface area contributed by atoms with Crippen molar-refractivity contribution in [3.05, 3.63) is 89.5 Å². The molecule has 0 bridgehead atoms. The molecule has 36 heavy (non-hydrogen) atoms. The Balaban J connectivity index is 1.37. The van der Waals surface area contributed by atoms with Crippen molar-refractivity contribution in [2.24, 2.45) is 0 Å². The zero-order valence-electron chi connectivity index (χ0n) is 20.0. The average Bonchev–Trinajstić information content (AvgIpc) is 2.85. The van der Waals surface area contributed by atoms with Crippen LogP contribution in [0.15, 0.2) is 77.7 Å². The second-order valence-electron chi connectivity index (χ2n) is 8.87. The van der Waals surface area contributed by atoms with Crippen LogP contribution in [0, 0.1) is 6.92 Å². The van der Waals surface area contributed by atoms with Crippen LogP contribution in [0.4, 0.5) is 11.4 Å². The Kier molecular flexibility index (Phi) is 7.77. The summed E-state index contributed by atoms with van der Waals surface area (Å²) in [4.78, 5) is 12.7. The van der Waals surface area contributed by atoms with Crippen molar-refractivity contribution in [2.75, 3.05) is 23.1 Å². The van der Waals surface area contributed by atoms with Gasteiger partial charge in [-0.05, 0) is 79.4 Å². The van der Waals surface area contributed by atoms with E-state index >= 15 is 0 Å². The van der Waals surface area contributed by atoms with Gasteiger partial charge in [-0.3, -0.25) is 9.52 Å². The standard InChI is InChI=1S/C26H29N3O5S2/c1-20-6-5-7-24(18-20)28-36(33,34)25-14-12-23(13-15-25)27-26(30)22-10-8-21(9-11-22)19-35(31,32)29-16-3-2-4-17-29/h5-15,18,28H,2-4,16-17,19H2,1H3,(H,27,30). The zero-order valence-corrected chi connectivity index (χ0v) is 21.6. The number of carbonyl (C=O) groups excluding carboxylic acids is 1. The van der Waals surface area contributed by atoms with E-state index in [1.165, 1.54) is 28.6 Å². The number of nitrogens with one attached hydrogen (secondary N) is 2. The molecule has 0 unspecified atom stereocenters. The van der Waals surface area contributed by atoms with E-state index in [9.17, 15) is 21.6 Å². The van der Waals surface area contributed by atoms with E-state index in [1.54, 1.807) is 42.5 Å². The summed E-state index contributed by atoms with van der Waals surface area (Å²) in [5.74, 6) is -0.476. The SMILES string of the molecule is Cc1cccc(NS(=O)(=O)c2ccc(NC(=O)c3ccc(CS(=O)(=O)N4CCCCC4)cc3)cc2)c1. The maximum Gasteiger partial charge on any atom is 0.261 e. The van der Waals surface area contributed by atoms with E-state index in [0.29, 0.717) is 35.6 Å². The third-order valence-electron chi connectivity index (χ3n) is 5.97. The molecular weight excluding hydrogens is 498 g/mol. The highest BCUT2D eigenvalue weighted by atomic mass is 32.2. The van der Waals surface area contributed by atoms with Crippen LogP contribution in [0.3, 0.4) is 0 Å². The molecule has 8 nitrogen and oxygen atoms in total. The maximum atomic E-state index is 12.7. The molecule has 0 aromatic heterocycles. The Hall–Kier alpha value is -3.21. The van der Waals surface area contributed by atoms with E-state index in [-0.39, 0.29) is 16.6 Å². The molecule has 10 heteroatoms. The zero-order chi connectivity index (χ0) is 25.8. The van der Waals surface area contributed by atoms with Crippen LogP contribution in [-0.2, 0) is 25.8 Å². The summed E-state index contributed by atoms with van der Waals surface area (Å²) in [6, 6.07) is 19.4. The minimum atomic E-state index is -3.77. The van der Waals surface area contributed by atoms with Gasteiger partial charge in [0.1, 0.15) is 0 Å². The first-order chi connectivity index (χ1) is 17.1. The molecule has 1 fully saturated rings. The van der Waals surface area contributed by atoms with Gasteiger partial charge in [-0.25, -0.2) is 21.1 Å². The number of sulfonamides is 2. The minimum Gasteiger partial charge on any atom is -0.322 e. The third kappa shape index (κ3) is 6.51. The Morgan fingerprint density at radius 1 is 0.833 bits per heavy atom. The van der Waals surface area contributed by atoms with Gasteiger partial charge in [-0.1, -0.05) is 30.7 Å². The largest absolute Gasteiger partial charge is 0.322 e. The molecule has 0 radical (unpaired) electrons. The lowest BCUT2D eigenvalue weighted by molar-refractivity contribution is 0.102. The first-order valence-corrected chi connectivity index (χ1v) is 14.8. The Morgan fingerprint density at radius 2 is 1.50 bits per heavy atom. The van der Waals surface area contributed by atoms with Gasteiger partial charge < -0.3 is 5.32 Å². The van der Waals surface area contributed by atoms with E-state index in [0.717, 1.165) is 24.8 Å². The molecule has 2 N–H and O–H groups in total. The second-order valence-corrected chi connectivity index (χ2v) is 12.5. The highest BCUT2D eigenvalue weighted by Gasteiger charge is 2.24. The summed E-state index contributed by atoms with van der Waals surface area (Å²) < 4.78 is 54.7. The highest BCUT2D eigenvalue weighted by Crippen LogP contribution is 2.21. The van der Waals surface area contributed by atoms with E-state index < -0.39 is 20.0 Å². The molecule has 190 valence electrons. The van der Waals surface area contributed by atoms with Crippen LogP contribution in [0.25, 0.3) is 0 Å². The van der Waals surface area contributed by atoms with Crippen LogP contribution < -0.4 is 10.0 Å². The monoisotopic (exact) mass is 527 g/mol. The molecule has 0 saturated carbocycles. The number of benzene rings is 3. The van der Waals surface area contributed by atoms with E-state index in [2.05, 4.69) is 10.0 Å². The summed E-state index contributed by atoms with van der Waals surface area (Å²) in [5.41, 5.74) is 2.83. The maximum absolute atomic E-state index is 12.7. The first kappa shape index (κ1) is 25.9. The van der Waals surface area contributed by atoms with Gasteiger partial charge >= 0.3 is 0 Å². The predicted molar refractivity (Wildman–Crippen MR) is 141 cm³/mol. The van der Waals surface area contributed by atoms with Crippen LogP contribution >= 0.6 is 0 Å². The lowest BCUT2D eigenvalue weighted by atomic mass is 10.1. The summed E-state index contributed by atoms with van der Waals surface area (Å²) >= 11 is 0. The number of aryl methyl sites for hydroxylation is 1. The fraction of sp³-hybridized carbons (Fsp3) is 0.269. The van der Waals surface area contributed by atoms with Gasteiger partial charge in [-0.2, -0.15) is 0 Å². The fourth-order valence-corrected chi connectivity index (χ4v) is 6.70. The summed E-state index contributed by atoms with van der Waals surface area (Å²) in [6.45, 7) is 3.00. The van der Waals surface area contributed by atoms with Crippen LogP contribution in [0.2, 0.25) is 0 Å². The van der Waals surface area contributed by atoms with Crippen molar-refractivity contribution in [1.82, 2.24) is 4.31 Å². The smallest absolute Gasteiger partial charge is 0.261 e. The average molecular weight is 528 g/mol. The van der Waals surface area contributed by atoms with Crippen molar-refractivity contribution in [3.63, 3.8) is 0 Å². The van der Waals surface area contributed by atoms with Gasteiger partial charge in [0, 0.05) is 30.0 Å². The van der Waals surface area contributed by atoms with Gasteiger partial charge in [0.05, 0.1) is 10.6 Å². The van der Waals surface area contributed by atoms with Gasteiger partial charge in [0.15, 0.2) is 0 Å². The van der Waals surface area contributed by atoms with Crippen molar-refractivity contribution in [3.8, 4) is 0 Å². The summed E-state index contributed by atoms with van der Waals surface area (Å²) in [7, 11) is -7.15. The van der Waals surface area contributed by atoms with Crippen molar-refractivity contribution >= 4 is 37.3 Å². The Morgan fingerprint density at radius 3 is 2.14 bits per heavy atom. The summed E-state index contributed by atoms with van der Waals surface area (Å²) in [5, 5.41) is 2.73. The van der Waals surface area contributed by atoms with Gasteiger partial charge in [0.25, 0.3) is 15.9 Å². The van der Waals surface area contributed by atoms with Crippen LogP contribution in [0.5, 0.6) is 0 Å². The van der Waals surface area contributed by atoms with Crippen LogP contribution in [0.1, 0.15) is 40.7 Å². The number of piperidine rings is 1. The molecule has 0 aliphatic carbocycles. The number of amides is 1. The number of hydrogen-bond donors (Lipinski definition) is 2. The highest BCUT2D eigenvalue weighted by molar-refractivity contribution is 7.92. The lowest BCUT2D eigenvalue weighted by Gasteiger charge is -2.25. The number of carbonyl (C=O) groups is 1. The van der Waals surface area contributed by atoms with Crippen molar-refractivity contribution < 1.29 is 21.6 Å². The fourth-order valence-electron chi connectivity index (χ4n) is 4.04. The number of anilines is 2. The molecule has 1 heterocycles. The Labute approximate surface area is 212 Å². The van der Waals surface area contributed by atoms with Crippen molar-refractivity contribution in [1.29, 1.82) is 0 Å². The molecular formula is C26H29N3O5S2. The van der Waals surface area contributed by atoms with Gasteiger partial charge in [-0.15, -0.1) is 0 Å². The second kappa shape index (κ2) is 10.8. The molecule has 1 aliphatic heterocycles. The normalized spacial score (nSPS) is 14.8. The van der Waals surface area contributed by atoms with E-state index in [1.807, 2.05) is 13.0 Å². The molecule has 1 saturated heterocycles. The molecule has 1 aliphatic rings. The number of hydrogen-bond acceptors (Lipinski definition) is 5. The predicted octanol–water partition coefficient (Wildman–Crippen LogP) is 4.36. The van der Waals surface area contributed by atoms with E-state index in [4.69, 9.17) is 0 Å². The summed E-state index contributed by atoms with van der Waals surface area (Å²) in [6.07, 6.45) is 2.82. The molecule has 4 rings (SSSR count). The quantitative estimate of drug-likeness (QED) is 0.452. The number of rotatable bonds is 8. The molecule has 0 spiro atoms. The lowest BCUT2D eigenvalue weighted by Crippen LogP contribution is -2.36.